The van der Waals surface area contributed by atoms with E-state index in [0.29, 0.717) is 0 Å². The molecule has 8 heteroatoms. The summed E-state index contributed by atoms with van der Waals surface area (Å²) < 4.78 is 5.30. The van der Waals surface area contributed by atoms with Gasteiger partial charge >= 0.3 is 5.69 Å². The summed E-state index contributed by atoms with van der Waals surface area (Å²) >= 11 is 0. The molecule has 0 saturated heterocycles. The normalized spacial score (nSPS) is 19.9. The second-order valence-corrected chi connectivity index (χ2v) is 4.47. The van der Waals surface area contributed by atoms with Gasteiger partial charge in [-0.25, -0.2) is 0 Å². The second-order valence-electron chi connectivity index (χ2n) is 4.47. The molecule has 0 saturated carbocycles. The number of hydrogen-bond acceptors (Lipinski definition) is 6. The van der Waals surface area contributed by atoms with Crippen LogP contribution in [0.4, 0.5) is 5.69 Å². The first-order chi connectivity index (χ1) is 10.0. The Labute approximate surface area is 117 Å². The van der Waals surface area contributed by atoms with E-state index >= 15 is 0 Å². The molecule has 1 unspecified atom stereocenters. The number of allylic oxidation sites excluding steroid dienone is 1. The number of nitro groups is 1. The number of nitrogens with zero attached hydrogens (tertiary/aromatic N) is 2. The predicted molar refractivity (Wildman–Crippen MR) is 67.8 cm³/mol. The van der Waals surface area contributed by atoms with Crippen LogP contribution in [0, 0.1) is 27.4 Å². The Morgan fingerprint density at radius 3 is 2.86 bits per heavy atom. The molecule has 1 amide bonds. The summed E-state index contributed by atoms with van der Waals surface area (Å²) in [5, 5.41) is 22.4. The van der Waals surface area contributed by atoms with Crippen LogP contribution in [-0.4, -0.2) is 23.2 Å². The number of benzene rings is 1. The fourth-order valence-electron chi connectivity index (χ4n) is 2.38. The van der Waals surface area contributed by atoms with Crippen LogP contribution in [0.1, 0.15) is 5.56 Å². The molecular formula is C13H7N3O5. The number of nitro benzene ring substituents is 1. The monoisotopic (exact) mass is 285 g/mol. The van der Waals surface area contributed by atoms with E-state index in [9.17, 15) is 19.7 Å². The quantitative estimate of drug-likeness (QED) is 0.456. The number of Topliss-reactive ketones (excluding diaryl/α,β-unsaturated/α-hetero) is 1. The first-order valence-corrected chi connectivity index (χ1v) is 5.93. The van der Waals surface area contributed by atoms with Crippen LogP contribution in [0.25, 0.3) is 5.57 Å². The SMILES string of the molecule is N#CC1C(=O)NC2=C(C1=O)c1cccc([N+](=O)[O-])c1OC2. The van der Waals surface area contributed by atoms with Crippen LogP contribution in [0.5, 0.6) is 5.75 Å². The number of carbonyl (C=O) groups is 2. The number of nitriles is 1. The highest BCUT2D eigenvalue weighted by molar-refractivity contribution is 6.32. The zero-order valence-electron chi connectivity index (χ0n) is 10.5. The Hall–Kier alpha value is -3.21. The molecule has 1 N–H and O–H groups in total. The third kappa shape index (κ3) is 1.75. The number of ether oxygens (including phenoxy) is 1. The number of ketones is 1. The molecule has 0 bridgehead atoms. The maximum absolute atomic E-state index is 12.3. The Kier molecular flexibility index (Phi) is 2.69. The van der Waals surface area contributed by atoms with Gasteiger partial charge in [0.2, 0.25) is 11.7 Å². The van der Waals surface area contributed by atoms with Crippen molar-refractivity contribution in [1.29, 1.82) is 5.26 Å². The lowest BCUT2D eigenvalue weighted by Gasteiger charge is -2.28. The summed E-state index contributed by atoms with van der Waals surface area (Å²) in [5.74, 6) is -2.85. The molecule has 2 aliphatic heterocycles. The number of amides is 1. The lowest BCUT2D eigenvalue weighted by molar-refractivity contribution is -0.385. The van der Waals surface area contributed by atoms with Crippen molar-refractivity contribution in [3.8, 4) is 11.8 Å². The molecule has 0 spiro atoms. The summed E-state index contributed by atoms with van der Waals surface area (Å²) in [5.41, 5.74) is 0.281. The minimum Gasteiger partial charge on any atom is -0.480 e. The van der Waals surface area contributed by atoms with E-state index in [1.165, 1.54) is 18.2 Å². The Bertz CT molecular complexity index is 775. The van der Waals surface area contributed by atoms with Crippen molar-refractivity contribution in [2.45, 2.75) is 0 Å². The molecule has 0 aliphatic carbocycles. The highest BCUT2D eigenvalue weighted by atomic mass is 16.6. The number of hydrogen-bond donors (Lipinski definition) is 1. The van der Waals surface area contributed by atoms with E-state index in [-0.39, 0.29) is 34.9 Å². The zero-order chi connectivity index (χ0) is 15.1. The molecule has 1 aromatic carbocycles. The van der Waals surface area contributed by atoms with Crippen molar-refractivity contribution >= 4 is 23.0 Å². The summed E-state index contributed by atoms with van der Waals surface area (Å²) in [4.78, 5) is 34.3. The number of nitrogens with one attached hydrogen (secondary N) is 1. The fraction of sp³-hybridized carbons (Fsp3) is 0.154. The van der Waals surface area contributed by atoms with E-state index in [0.717, 1.165) is 0 Å². The van der Waals surface area contributed by atoms with Gasteiger partial charge in [-0.1, -0.05) is 6.07 Å². The van der Waals surface area contributed by atoms with Crippen molar-refractivity contribution in [1.82, 2.24) is 5.32 Å². The van der Waals surface area contributed by atoms with E-state index in [1.54, 1.807) is 6.07 Å². The van der Waals surface area contributed by atoms with Crippen molar-refractivity contribution in [3.63, 3.8) is 0 Å². The summed E-state index contributed by atoms with van der Waals surface area (Å²) in [6.45, 7) is -0.164. The summed E-state index contributed by atoms with van der Waals surface area (Å²) in [6.07, 6.45) is 0. The third-order valence-electron chi connectivity index (χ3n) is 3.30. The second kappa shape index (κ2) is 4.42. The molecule has 2 aliphatic rings. The number of fused-ring (bicyclic) bond motifs is 2. The number of para-hydroxylation sites is 1. The Balaban J connectivity index is 2.22. The standard InChI is InChI=1S/C13H7N3O5/c14-4-7-11(17)10-6-2-1-3-9(16(19)20)12(6)21-5-8(10)15-13(7)18/h1-3,7H,5H2,(H,15,18). The molecule has 1 atom stereocenters. The summed E-state index contributed by atoms with van der Waals surface area (Å²) in [6, 6.07) is 5.80. The van der Waals surface area contributed by atoms with Gasteiger partial charge in [-0.05, 0) is 6.07 Å². The van der Waals surface area contributed by atoms with Gasteiger partial charge in [0.25, 0.3) is 0 Å². The van der Waals surface area contributed by atoms with E-state index in [1.807, 2.05) is 0 Å². The van der Waals surface area contributed by atoms with Crippen molar-refractivity contribution < 1.29 is 19.2 Å². The van der Waals surface area contributed by atoms with Gasteiger partial charge in [0.1, 0.15) is 6.61 Å². The topological polar surface area (TPSA) is 122 Å². The number of rotatable bonds is 1. The zero-order valence-corrected chi connectivity index (χ0v) is 10.5. The molecule has 3 rings (SSSR count). The average molecular weight is 285 g/mol. The molecule has 2 heterocycles. The largest absolute Gasteiger partial charge is 0.480 e. The van der Waals surface area contributed by atoms with Gasteiger partial charge in [-0.3, -0.25) is 19.7 Å². The van der Waals surface area contributed by atoms with Gasteiger partial charge in [0.15, 0.2) is 11.7 Å². The maximum Gasteiger partial charge on any atom is 0.311 e. The Morgan fingerprint density at radius 2 is 2.19 bits per heavy atom. The van der Waals surface area contributed by atoms with Crippen LogP contribution in [-0.2, 0) is 9.59 Å². The van der Waals surface area contributed by atoms with Gasteiger partial charge < -0.3 is 10.1 Å². The molecule has 1 aromatic rings. The maximum atomic E-state index is 12.3. The van der Waals surface area contributed by atoms with E-state index < -0.39 is 22.5 Å². The van der Waals surface area contributed by atoms with Gasteiger partial charge in [0.05, 0.1) is 22.3 Å². The van der Waals surface area contributed by atoms with Crippen LogP contribution >= 0.6 is 0 Å². The van der Waals surface area contributed by atoms with E-state index in [2.05, 4.69) is 5.32 Å². The molecular weight excluding hydrogens is 278 g/mol. The van der Waals surface area contributed by atoms with Crippen molar-refractivity contribution in [3.05, 3.63) is 39.6 Å². The highest BCUT2D eigenvalue weighted by Gasteiger charge is 2.41. The Morgan fingerprint density at radius 1 is 1.43 bits per heavy atom. The third-order valence-corrected chi connectivity index (χ3v) is 3.30. The molecule has 21 heavy (non-hydrogen) atoms. The van der Waals surface area contributed by atoms with Crippen molar-refractivity contribution in [2.24, 2.45) is 5.92 Å². The molecule has 8 nitrogen and oxygen atoms in total. The first kappa shape index (κ1) is 12.8. The lowest BCUT2D eigenvalue weighted by Crippen LogP contribution is -2.43. The summed E-state index contributed by atoms with van der Waals surface area (Å²) in [7, 11) is 0. The van der Waals surface area contributed by atoms with Crippen LogP contribution < -0.4 is 10.1 Å². The molecule has 0 aromatic heterocycles. The van der Waals surface area contributed by atoms with Gasteiger partial charge in [-0.2, -0.15) is 5.26 Å². The minimum absolute atomic E-state index is 0.0255. The molecule has 0 fully saturated rings. The van der Waals surface area contributed by atoms with Crippen LogP contribution in [0.3, 0.4) is 0 Å². The molecule has 104 valence electrons. The smallest absolute Gasteiger partial charge is 0.311 e. The number of carbonyl (C=O) groups excluding carboxylic acids is 2. The molecule has 0 radical (unpaired) electrons. The van der Waals surface area contributed by atoms with Gasteiger partial charge in [-0.15, -0.1) is 0 Å². The van der Waals surface area contributed by atoms with Crippen LogP contribution in [0.15, 0.2) is 23.9 Å². The fourth-order valence-corrected chi connectivity index (χ4v) is 2.38. The van der Waals surface area contributed by atoms with Crippen LogP contribution in [0.2, 0.25) is 0 Å². The highest BCUT2D eigenvalue weighted by Crippen LogP contribution is 2.41. The predicted octanol–water partition coefficient (Wildman–Crippen LogP) is 0.537. The average Bonchev–Trinajstić information content (AvgIpc) is 2.46. The minimum atomic E-state index is -1.45. The van der Waals surface area contributed by atoms with Gasteiger partial charge in [0, 0.05) is 11.6 Å². The first-order valence-electron chi connectivity index (χ1n) is 5.93. The van der Waals surface area contributed by atoms with Crippen molar-refractivity contribution in [2.75, 3.05) is 6.61 Å². The van der Waals surface area contributed by atoms with E-state index in [4.69, 9.17) is 10.00 Å². The lowest BCUT2D eigenvalue weighted by atomic mass is 9.86.